The highest BCUT2D eigenvalue weighted by Crippen LogP contribution is 2.28. The first kappa shape index (κ1) is 20.2. The summed E-state index contributed by atoms with van der Waals surface area (Å²) < 4.78 is 11.5. The molecule has 0 atom stereocenters. The summed E-state index contributed by atoms with van der Waals surface area (Å²) in [6.07, 6.45) is 5.73. The van der Waals surface area contributed by atoms with Crippen LogP contribution in [0.3, 0.4) is 0 Å². The number of benzene rings is 1. The van der Waals surface area contributed by atoms with Crippen molar-refractivity contribution < 1.29 is 9.47 Å². The Morgan fingerprint density at radius 3 is 2.72 bits per heavy atom. The van der Waals surface area contributed by atoms with E-state index in [-0.39, 0.29) is 0 Å². The van der Waals surface area contributed by atoms with Gasteiger partial charge in [0.1, 0.15) is 11.6 Å². The van der Waals surface area contributed by atoms with E-state index < -0.39 is 0 Å². The molecular formula is C22H33N5O2. The van der Waals surface area contributed by atoms with Crippen LogP contribution in [0.15, 0.2) is 18.2 Å². The lowest BCUT2D eigenvalue weighted by atomic mass is 10.1. The van der Waals surface area contributed by atoms with Crippen LogP contribution in [0.2, 0.25) is 0 Å². The van der Waals surface area contributed by atoms with Gasteiger partial charge >= 0.3 is 0 Å². The Balaban J connectivity index is 1.46. The zero-order valence-electron chi connectivity index (χ0n) is 17.7. The van der Waals surface area contributed by atoms with E-state index in [0.29, 0.717) is 12.0 Å². The molecular weight excluding hydrogens is 366 g/mol. The van der Waals surface area contributed by atoms with Crippen molar-refractivity contribution in [2.75, 3.05) is 63.8 Å². The standard InChI is InChI=1S/C22H33N5O2/c1-26(2)22-24-20-16-18(29-13-5-12-27-10-3-4-11-27)6-7-19(20)21(25-22)23-17-8-14-28-15-9-17/h6-7,16-17H,3-5,8-15H2,1-2H3,(H,23,24,25). The van der Waals surface area contributed by atoms with Gasteiger partial charge in [-0.15, -0.1) is 0 Å². The second kappa shape index (κ2) is 9.59. The first-order valence-electron chi connectivity index (χ1n) is 10.9. The molecule has 7 heteroatoms. The van der Waals surface area contributed by atoms with E-state index in [1.165, 1.54) is 25.9 Å². The molecule has 0 amide bonds. The Morgan fingerprint density at radius 2 is 1.97 bits per heavy atom. The molecule has 1 aromatic carbocycles. The molecule has 0 saturated carbocycles. The third-order valence-corrected chi connectivity index (χ3v) is 5.70. The molecule has 2 aromatic rings. The van der Waals surface area contributed by atoms with E-state index in [1.54, 1.807) is 0 Å². The molecule has 0 aliphatic carbocycles. The Labute approximate surface area is 173 Å². The number of hydrogen-bond acceptors (Lipinski definition) is 7. The molecule has 2 aliphatic heterocycles. The highest BCUT2D eigenvalue weighted by atomic mass is 16.5. The molecule has 158 valence electrons. The minimum absolute atomic E-state index is 0.387. The molecule has 2 saturated heterocycles. The maximum atomic E-state index is 6.03. The fraction of sp³-hybridized carbons (Fsp3) is 0.636. The second-order valence-corrected chi connectivity index (χ2v) is 8.23. The molecule has 0 bridgehead atoms. The van der Waals surface area contributed by atoms with Gasteiger partial charge in [0.25, 0.3) is 0 Å². The summed E-state index contributed by atoms with van der Waals surface area (Å²) in [5.74, 6) is 2.48. The summed E-state index contributed by atoms with van der Waals surface area (Å²) in [5.41, 5.74) is 0.912. The molecule has 0 spiro atoms. The van der Waals surface area contributed by atoms with Crippen LogP contribution in [0, 0.1) is 0 Å². The van der Waals surface area contributed by atoms with Crippen LogP contribution < -0.4 is 15.0 Å². The number of rotatable bonds is 8. The molecule has 0 unspecified atom stereocenters. The van der Waals surface area contributed by atoms with Crippen LogP contribution in [0.4, 0.5) is 11.8 Å². The molecule has 7 nitrogen and oxygen atoms in total. The van der Waals surface area contributed by atoms with Crippen molar-refractivity contribution in [3.8, 4) is 5.75 Å². The fourth-order valence-electron chi connectivity index (χ4n) is 4.02. The van der Waals surface area contributed by atoms with E-state index in [0.717, 1.165) is 68.1 Å². The maximum Gasteiger partial charge on any atom is 0.227 e. The highest BCUT2D eigenvalue weighted by Gasteiger charge is 2.17. The van der Waals surface area contributed by atoms with Gasteiger partial charge in [-0.2, -0.15) is 4.98 Å². The predicted molar refractivity (Wildman–Crippen MR) is 117 cm³/mol. The van der Waals surface area contributed by atoms with Gasteiger partial charge in [-0.1, -0.05) is 0 Å². The normalized spacial score (nSPS) is 18.3. The van der Waals surface area contributed by atoms with E-state index in [9.17, 15) is 0 Å². The molecule has 2 fully saturated rings. The third-order valence-electron chi connectivity index (χ3n) is 5.70. The molecule has 1 aromatic heterocycles. The SMILES string of the molecule is CN(C)c1nc(NC2CCOCC2)c2ccc(OCCCN3CCCC3)cc2n1. The Bertz CT molecular complexity index is 801. The molecule has 0 radical (unpaired) electrons. The van der Waals surface area contributed by atoms with Crippen molar-refractivity contribution in [2.24, 2.45) is 0 Å². The van der Waals surface area contributed by atoms with Crippen molar-refractivity contribution in [3.63, 3.8) is 0 Å². The average molecular weight is 400 g/mol. The van der Waals surface area contributed by atoms with Crippen molar-refractivity contribution in [1.29, 1.82) is 0 Å². The van der Waals surface area contributed by atoms with E-state index in [4.69, 9.17) is 19.4 Å². The lowest BCUT2D eigenvalue weighted by Crippen LogP contribution is -2.28. The Hall–Kier alpha value is -2.12. The monoisotopic (exact) mass is 399 g/mol. The number of ether oxygens (including phenoxy) is 2. The average Bonchev–Trinajstić information content (AvgIpc) is 3.25. The lowest BCUT2D eigenvalue weighted by molar-refractivity contribution is 0.0904. The minimum atomic E-state index is 0.387. The molecule has 2 aliphatic rings. The number of nitrogens with one attached hydrogen (secondary N) is 1. The van der Waals surface area contributed by atoms with Gasteiger partial charge in [0.05, 0.1) is 12.1 Å². The Morgan fingerprint density at radius 1 is 1.17 bits per heavy atom. The first-order chi connectivity index (χ1) is 14.2. The number of anilines is 2. The van der Waals surface area contributed by atoms with Gasteiger partial charge in [0.2, 0.25) is 5.95 Å². The summed E-state index contributed by atoms with van der Waals surface area (Å²) in [5, 5.41) is 4.65. The highest BCUT2D eigenvalue weighted by molar-refractivity contribution is 5.91. The number of fused-ring (bicyclic) bond motifs is 1. The summed E-state index contributed by atoms with van der Waals surface area (Å²) in [6.45, 7) is 5.94. The van der Waals surface area contributed by atoms with Gasteiger partial charge in [0.15, 0.2) is 0 Å². The summed E-state index contributed by atoms with van der Waals surface area (Å²) in [7, 11) is 3.94. The number of likely N-dealkylation sites (tertiary alicyclic amines) is 1. The summed E-state index contributed by atoms with van der Waals surface area (Å²) >= 11 is 0. The van der Waals surface area contributed by atoms with Crippen LogP contribution >= 0.6 is 0 Å². The van der Waals surface area contributed by atoms with Gasteiger partial charge in [0, 0.05) is 51.3 Å². The van der Waals surface area contributed by atoms with Gasteiger partial charge < -0.3 is 24.6 Å². The minimum Gasteiger partial charge on any atom is -0.493 e. The van der Waals surface area contributed by atoms with E-state index in [1.807, 2.05) is 31.1 Å². The molecule has 29 heavy (non-hydrogen) atoms. The number of nitrogens with zero attached hydrogens (tertiary/aromatic N) is 4. The molecule has 4 rings (SSSR count). The van der Waals surface area contributed by atoms with Gasteiger partial charge in [-0.3, -0.25) is 0 Å². The Kier molecular flexibility index (Phi) is 6.67. The predicted octanol–water partition coefficient (Wildman–Crippen LogP) is 3.15. The van der Waals surface area contributed by atoms with Crippen molar-refractivity contribution >= 4 is 22.7 Å². The van der Waals surface area contributed by atoms with Crippen molar-refractivity contribution in [3.05, 3.63) is 18.2 Å². The zero-order chi connectivity index (χ0) is 20.1. The topological polar surface area (TPSA) is 62.8 Å². The maximum absolute atomic E-state index is 6.03. The number of hydrogen-bond donors (Lipinski definition) is 1. The summed E-state index contributed by atoms with van der Waals surface area (Å²) in [4.78, 5) is 14.0. The zero-order valence-corrected chi connectivity index (χ0v) is 17.7. The molecule has 1 N–H and O–H groups in total. The largest absolute Gasteiger partial charge is 0.493 e. The smallest absolute Gasteiger partial charge is 0.227 e. The van der Waals surface area contributed by atoms with Crippen LogP contribution in [0.25, 0.3) is 10.9 Å². The fourth-order valence-corrected chi connectivity index (χ4v) is 4.02. The lowest BCUT2D eigenvalue weighted by Gasteiger charge is -2.25. The van der Waals surface area contributed by atoms with Crippen molar-refractivity contribution in [2.45, 2.75) is 38.1 Å². The van der Waals surface area contributed by atoms with Crippen LogP contribution in [-0.2, 0) is 4.74 Å². The first-order valence-corrected chi connectivity index (χ1v) is 10.9. The number of aromatic nitrogens is 2. The van der Waals surface area contributed by atoms with Gasteiger partial charge in [-0.05, 0) is 57.3 Å². The summed E-state index contributed by atoms with van der Waals surface area (Å²) in [6, 6.07) is 6.53. The van der Waals surface area contributed by atoms with Crippen molar-refractivity contribution in [1.82, 2.24) is 14.9 Å². The van der Waals surface area contributed by atoms with Crippen LogP contribution in [0.1, 0.15) is 32.1 Å². The van der Waals surface area contributed by atoms with Crippen LogP contribution in [-0.4, -0.2) is 74.5 Å². The van der Waals surface area contributed by atoms with Gasteiger partial charge in [-0.25, -0.2) is 4.98 Å². The molecule has 3 heterocycles. The third kappa shape index (κ3) is 5.28. The second-order valence-electron chi connectivity index (χ2n) is 8.23. The van der Waals surface area contributed by atoms with E-state index >= 15 is 0 Å². The van der Waals surface area contributed by atoms with E-state index in [2.05, 4.69) is 16.3 Å². The van der Waals surface area contributed by atoms with Crippen LogP contribution in [0.5, 0.6) is 5.75 Å². The quantitative estimate of drug-likeness (QED) is 0.684.